The zero-order chi connectivity index (χ0) is 13.2. The van der Waals surface area contributed by atoms with Crippen LogP contribution in [0.5, 0.6) is 0 Å². The monoisotopic (exact) mass is 316 g/mol. The Balaban J connectivity index is 2.02. The number of aromatic nitrogens is 3. The Hall–Kier alpha value is -2.21. The number of rotatable bonds is 2. The first-order valence-corrected chi connectivity index (χ1v) is 6.33. The fourth-order valence-corrected chi connectivity index (χ4v) is 2.05. The van der Waals surface area contributed by atoms with Crippen LogP contribution in [0.3, 0.4) is 0 Å². The van der Waals surface area contributed by atoms with Crippen molar-refractivity contribution in [2.75, 3.05) is 5.73 Å². The molecule has 0 unspecified atom stereocenters. The third-order valence-electron chi connectivity index (χ3n) is 2.59. The molecular weight excluding hydrogens is 308 g/mol. The van der Waals surface area contributed by atoms with Crippen LogP contribution in [0.25, 0.3) is 22.8 Å². The van der Waals surface area contributed by atoms with Crippen LogP contribution in [-0.4, -0.2) is 15.1 Å². The van der Waals surface area contributed by atoms with E-state index in [2.05, 4.69) is 31.1 Å². The molecule has 0 bridgehead atoms. The average molecular weight is 317 g/mol. The number of nitrogen functional groups attached to an aromatic ring is 1. The van der Waals surface area contributed by atoms with Crippen LogP contribution in [0.15, 0.2) is 51.7 Å². The Labute approximate surface area is 117 Å². The quantitative estimate of drug-likeness (QED) is 0.735. The Kier molecular flexibility index (Phi) is 3.00. The van der Waals surface area contributed by atoms with Crippen molar-refractivity contribution in [3.05, 3.63) is 47.2 Å². The number of hydrogen-bond donors (Lipinski definition) is 1. The second-order valence-electron chi connectivity index (χ2n) is 3.90. The van der Waals surface area contributed by atoms with Gasteiger partial charge >= 0.3 is 0 Å². The first-order valence-electron chi connectivity index (χ1n) is 5.53. The largest absolute Gasteiger partial charge is 0.398 e. The summed E-state index contributed by atoms with van der Waals surface area (Å²) in [4.78, 5) is 8.35. The van der Waals surface area contributed by atoms with Gasteiger partial charge in [0, 0.05) is 28.1 Å². The van der Waals surface area contributed by atoms with E-state index in [0.717, 1.165) is 10.0 Å². The molecule has 0 radical (unpaired) electrons. The lowest BCUT2D eigenvalue weighted by atomic mass is 10.2. The van der Waals surface area contributed by atoms with Crippen LogP contribution in [-0.2, 0) is 0 Å². The zero-order valence-electron chi connectivity index (χ0n) is 9.75. The number of hydrogen-bond acceptors (Lipinski definition) is 5. The Morgan fingerprint density at radius 3 is 2.84 bits per heavy atom. The van der Waals surface area contributed by atoms with E-state index in [1.54, 1.807) is 18.5 Å². The van der Waals surface area contributed by atoms with Gasteiger partial charge in [0.15, 0.2) is 0 Å². The molecule has 1 aromatic carbocycles. The van der Waals surface area contributed by atoms with Gasteiger partial charge in [-0.3, -0.25) is 4.98 Å². The van der Waals surface area contributed by atoms with Gasteiger partial charge in [0.25, 0.3) is 5.89 Å². The van der Waals surface area contributed by atoms with Crippen molar-refractivity contribution in [3.63, 3.8) is 0 Å². The van der Waals surface area contributed by atoms with Gasteiger partial charge < -0.3 is 10.3 Å². The van der Waals surface area contributed by atoms with Gasteiger partial charge in [0.2, 0.25) is 5.82 Å². The van der Waals surface area contributed by atoms with Crippen molar-refractivity contribution in [1.82, 2.24) is 15.1 Å². The van der Waals surface area contributed by atoms with E-state index >= 15 is 0 Å². The molecule has 0 aliphatic carbocycles. The van der Waals surface area contributed by atoms with E-state index in [1.165, 1.54) is 0 Å². The van der Waals surface area contributed by atoms with Crippen LogP contribution in [0.2, 0.25) is 0 Å². The highest BCUT2D eigenvalue weighted by molar-refractivity contribution is 9.10. The van der Waals surface area contributed by atoms with Gasteiger partial charge in [-0.2, -0.15) is 4.98 Å². The number of halogens is 1. The Bertz CT molecular complexity index is 712. The summed E-state index contributed by atoms with van der Waals surface area (Å²) >= 11 is 3.36. The summed E-state index contributed by atoms with van der Waals surface area (Å²) in [6.07, 6.45) is 3.37. The van der Waals surface area contributed by atoms with E-state index in [0.29, 0.717) is 23.0 Å². The van der Waals surface area contributed by atoms with Crippen molar-refractivity contribution in [3.8, 4) is 22.8 Å². The Morgan fingerprint density at radius 1 is 1.21 bits per heavy atom. The van der Waals surface area contributed by atoms with Crippen molar-refractivity contribution in [2.45, 2.75) is 0 Å². The Morgan fingerprint density at radius 2 is 2.11 bits per heavy atom. The summed E-state index contributed by atoms with van der Waals surface area (Å²) in [6, 6.07) is 9.19. The lowest BCUT2D eigenvalue weighted by Crippen LogP contribution is -1.90. The highest BCUT2D eigenvalue weighted by Gasteiger charge is 2.13. The molecule has 0 atom stereocenters. The molecule has 2 aromatic heterocycles. The lowest BCUT2D eigenvalue weighted by Gasteiger charge is -2.00. The summed E-state index contributed by atoms with van der Waals surface area (Å²) in [5.74, 6) is 0.884. The molecule has 5 nitrogen and oxygen atoms in total. The first kappa shape index (κ1) is 11.9. The van der Waals surface area contributed by atoms with E-state index in [-0.39, 0.29) is 0 Å². The minimum Gasteiger partial charge on any atom is -0.398 e. The molecule has 0 saturated heterocycles. The van der Waals surface area contributed by atoms with Gasteiger partial charge in [-0.25, -0.2) is 0 Å². The second-order valence-corrected chi connectivity index (χ2v) is 4.81. The molecule has 94 valence electrons. The standard InChI is InChI=1S/C13H9BrN4O/c14-9-3-4-10(11(15)6-9)13-17-12(18-19-13)8-2-1-5-16-7-8/h1-7H,15H2. The maximum absolute atomic E-state index is 5.93. The van der Waals surface area contributed by atoms with Crippen LogP contribution in [0.1, 0.15) is 0 Å². The fourth-order valence-electron chi connectivity index (χ4n) is 1.67. The second kappa shape index (κ2) is 4.81. The maximum atomic E-state index is 5.93. The molecule has 2 heterocycles. The molecule has 0 fully saturated rings. The van der Waals surface area contributed by atoms with Crippen LogP contribution < -0.4 is 5.73 Å². The van der Waals surface area contributed by atoms with Gasteiger partial charge in [-0.1, -0.05) is 21.1 Å². The summed E-state index contributed by atoms with van der Waals surface area (Å²) in [6.45, 7) is 0. The molecule has 0 saturated carbocycles. The minimum absolute atomic E-state index is 0.392. The third-order valence-corrected chi connectivity index (χ3v) is 3.08. The molecule has 0 aliphatic heterocycles. The maximum Gasteiger partial charge on any atom is 0.260 e. The predicted molar refractivity (Wildman–Crippen MR) is 75.1 cm³/mol. The van der Waals surface area contributed by atoms with Gasteiger partial charge in [0.1, 0.15) is 0 Å². The number of nitrogens with two attached hydrogens (primary N) is 1. The number of anilines is 1. The van der Waals surface area contributed by atoms with E-state index in [1.807, 2.05) is 24.3 Å². The zero-order valence-corrected chi connectivity index (χ0v) is 11.3. The fraction of sp³-hybridized carbons (Fsp3) is 0. The summed E-state index contributed by atoms with van der Waals surface area (Å²) in [5.41, 5.74) is 8.02. The van der Waals surface area contributed by atoms with Crippen molar-refractivity contribution < 1.29 is 4.52 Å². The van der Waals surface area contributed by atoms with Crippen molar-refractivity contribution >= 4 is 21.6 Å². The predicted octanol–water partition coefficient (Wildman–Crippen LogP) is 3.14. The number of pyridine rings is 1. The van der Waals surface area contributed by atoms with Crippen LogP contribution in [0, 0.1) is 0 Å². The first-order chi connectivity index (χ1) is 9.24. The molecule has 0 spiro atoms. The van der Waals surface area contributed by atoms with Crippen molar-refractivity contribution in [1.29, 1.82) is 0 Å². The normalized spacial score (nSPS) is 10.6. The molecule has 19 heavy (non-hydrogen) atoms. The molecule has 2 N–H and O–H groups in total. The van der Waals surface area contributed by atoms with Crippen molar-refractivity contribution in [2.24, 2.45) is 0 Å². The topological polar surface area (TPSA) is 77.8 Å². The highest BCUT2D eigenvalue weighted by atomic mass is 79.9. The van der Waals surface area contributed by atoms with Crippen LogP contribution >= 0.6 is 15.9 Å². The SMILES string of the molecule is Nc1cc(Br)ccc1-c1nc(-c2cccnc2)no1. The van der Waals surface area contributed by atoms with E-state index in [9.17, 15) is 0 Å². The van der Waals surface area contributed by atoms with Crippen LogP contribution in [0.4, 0.5) is 5.69 Å². The molecule has 0 amide bonds. The number of nitrogens with zero attached hydrogens (tertiary/aromatic N) is 3. The molecule has 3 aromatic rings. The smallest absolute Gasteiger partial charge is 0.260 e. The van der Waals surface area contributed by atoms with Gasteiger partial charge in [-0.15, -0.1) is 0 Å². The lowest BCUT2D eigenvalue weighted by molar-refractivity contribution is 0.432. The summed E-state index contributed by atoms with van der Waals surface area (Å²) in [7, 11) is 0. The molecule has 3 rings (SSSR count). The number of benzene rings is 1. The summed E-state index contributed by atoms with van der Waals surface area (Å²) < 4.78 is 6.15. The van der Waals surface area contributed by atoms with E-state index < -0.39 is 0 Å². The molecule has 0 aliphatic rings. The molecular formula is C13H9BrN4O. The third kappa shape index (κ3) is 2.34. The highest BCUT2D eigenvalue weighted by Crippen LogP contribution is 2.28. The minimum atomic E-state index is 0.392. The summed E-state index contributed by atoms with van der Waals surface area (Å²) in [5, 5.41) is 3.93. The van der Waals surface area contributed by atoms with Gasteiger partial charge in [0.05, 0.1) is 5.56 Å². The molecule has 6 heteroatoms. The van der Waals surface area contributed by atoms with Gasteiger partial charge in [-0.05, 0) is 30.3 Å². The van der Waals surface area contributed by atoms with E-state index in [4.69, 9.17) is 10.3 Å². The average Bonchev–Trinajstić information content (AvgIpc) is 2.89.